The second kappa shape index (κ2) is 7.59. The molecular weight excluding hydrogens is 340 g/mol. The van der Waals surface area contributed by atoms with Crippen LogP contribution in [-0.2, 0) is 4.79 Å². The van der Waals surface area contributed by atoms with Crippen LogP contribution in [0.15, 0.2) is 36.4 Å². The molecule has 27 heavy (non-hydrogen) atoms. The second-order valence-electron chi connectivity index (χ2n) is 7.64. The SMILES string of the molecule is COc1ccc(C(=O)N2CCC[C@H](C(=O)NCC3CC3)C2)c2ccccc12. The molecule has 2 amide bonds. The molecule has 1 atom stereocenters. The summed E-state index contributed by atoms with van der Waals surface area (Å²) in [7, 11) is 1.64. The molecule has 2 aliphatic rings. The predicted molar refractivity (Wildman–Crippen MR) is 105 cm³/mol. The highest BCUT2D eigenvalue weighted by Gasteiger charge is 2.30. The van der Waals surface area contributed by atoms with Crippen molar-refractivity contribution in [2.24, 2.45) is 11.8 Å². The highest BCUT2D eigenvalue weighted by molar-refractivity contribution is 6.08. The lowest BCUT2D eigenvalue weighted by Crippen LogP contribution is -2.45. The third-order valence-electron chi connectivity index (χ3n) is 5.68. The molecule has 0 aromatic heterocycles. The molecule has 1 saturated carbocycles. The number of benzene rings is 2. The number of likely N-dealkylation sites (tertiary alicyclic amines) is 1. The fraction of sp³-hybridized carbons (Fsp3) is 0.455. The van der Waals surface area contributed by atoms with Gasteiger partial charge in [0.2, 0.25) is 5.91 Å². The molecule has 1 heterocycles. The fourth-order valence-corrected chi connectivity index (χ4v) is 3.89. The largest absolute Gasteiger partial charge is 0.496 e. The number of carbonyl (C=O) groups is 2. The van der Waals surface area contributed by atoms with Crippen molar-refractivity contribution in [1.29, 1.82) is 0 Å². The lowest BCUT2D eigenvalue weighted by Gasteiger charge is -2.32. The van der Waals surface area contributed by atoms with Crippen LogP contribution in [0.1, 0.15) is 36.0 Å². The van der Waals surface area contributed by atoms with Crippen LogP contribution in [0.4, 0.5) is 0 Å². The summed E-state index contributed by atoms with van der Waals surface area (Å²) >= 11 is 0. The van der Waals surface area contributed by atoms with E-state index in [1.165, 1.54) is 12.8 Å². The molecule has 5 nitrogen and oxygen atoms in total. The van der Waals surface area contributed by atoms with Gasteiger partial charge in [0.15, 0.2) is 0 Å². The van der Waals surface area contributed by atoms with Gasteiger partial charge in [0.1, 0.15) is 5.75 Å². The summed E-state index contributed by atoms with van der Waals surface area (Å²) in [6.07, 6.45) is 4.16. The number of methoxy groups -OCH3 is 1. The zero-order valence-corrected chi connectivity index (χ0v) is 15.7. The lowest BCUT2D eigenvalue weighted by atomic mass is 9.95. The van der Waals surface area contributed by atoms with Crippen LogP contribution in [0, 0.1) is 11.8 Å². The van der Waals surface area contributed by atoms with Gasteiger partial charge < -0.3 is 15.0 Å². The van der Waals surface area contributed by atoms with Gasteiger partial charge in [-0.05, 0) is 49.1 Å². The summed E-state index contributed by atoms with van der Waals surface area (Å²) in [6.45, 7) is 1.98. The number of hydrogen-bond donors (Lipinski definition) is 1. The molecule has 1 aliphatic heterocycles. The Labute approximate surface area is 159 Å². The number of fused-ring (bicyclic) bond motifs is 1. The molecule has 1 aliphatic carbocycles. The van der Waals surface area contributed by atoms with Crippen LogP contribution in [0.3, 0.4) is 0 Å². The molecule has 1 N–H and O–H groups in total. The van der Waals surface area contributed by atoms with Crippen molar-refractivity contribution in [3.05, 3.63) is 42.0 Å². The number of nitrogens with zero attached hydrogens (tertiary/aromatic N) is 1. The number of amides is 2. The summed E-state index contributed by atoms with van der Waals surface area (Å²) in [5.41, 5.74) is 0.672. The summed E-state index contributed by atoms with van der Waals surface area (Å²) in [5, 5.41) is 4.89. The van der Waals surface area contributed by atoms with Gasteiger partial charge >= 0.3 is 0 Å². The maximum atomic E-state index is 13.2. The zero-order chi connectivity index (χ0) is 18.8. The highest BCUT2D eigenvalue weighted by atomic mass is 16.5. The minimum absolute atomic E-state index is 0.00598. The highest BCUT2D eigenvalue weighted by Crippen LogP contribution is 2.30. The molecule has 2 aromatic rings. The second-order valence-corrected chi connectivity index (χ2v) is 7.64. The van der Waals surface area contributed by atoms with E-state index in [-0.39, 0.29) is 17.7 Å². The molecule has 1 saturated heterocycles. The lowest BCUT2D eigenvalue weighted by molar-refractivity contribution is -0.126. The van der Waals surface area contributed by atoms with E-state index in [9.17, 15) is 9.59 Å². The molecule has 142 valence electrons. The number of piperidine rings is 1. The molecule has 5 heteroatoms. The van der Waals surface area contributed by atoms with E-state index in [2.05, 4.69) is 5.32 Å². The average molecular weight is 366 g/mol. The van der Waals surface area contributed by atoms with Gasteiger partial charge in [0.05, 0.1) is 13.0 Å². The summed E-state index contributed by atoms with van der Waals surface area (Å²) in [5.74, 6) is 1.41. The maximum absolute atomic E-state index is 13.2. The maximum Gasteiger partial charge on any atom is 0.254 e. The third-order valence-corrected chi connectivity index (χ3v) is 5.68. The van der Waals surface area contributed by atoms with Gasteiger partial charge in [-0.25, -0.2) is 0 Å². The van der Waals surface area contributed by atoms with Crippen molar-refractivity contribution in [2.75, 3.05) is 26.7 Å². The van der Waals surface area contributed by atoms with Crippen molar-refractivity contribution in [3.63, 3.8) is 0 Å². The van der Waals surface area contributed by atoms with Crippen LogP contribution in [0.5, 0.6) is 5.75 Å². The Bertz CT molecular complexity index is 860. The number of nitrogens with one attached hydrogen (secondary N) is 1. The molecule has 2 aromatic carbocycles. The molecule has 4 rings (SSSR count). The smallest absolute Gasteiger partial charge is 0.254 e. The van der Waals surface area contributed by atoms with Gasteiger partial charge in [0.25, 0.3) is 5.91 Å². The van der Waals surface area contributed by atoms with Crippen molar-refractivity contribution in [3.8, 4) is 5.75 Å². The Morgan fingerprint density at radius 3 is 2.63 bits per heavy atom. The van der Waals surface area contributed by atoms with E-state index in [4.69, 9.17) is 4.74 Å². The molecule has 0 radical (unpaired) electrons. The van der Waals surface area contributed by atoms with Gasteiger partial charge in [0, 0.05) is 30.6 Å². The Kier molecular flexibility index (Phi) is 5.01. The van der Waals surface area contributed by atoms with E-state index in [0.717, 1.165) is 35.9 Å². The van der Waals surface area contributed by atoms with E-state index in [1.54, 1.807) is 7.11 Å². The van der Waals surface area contributed by atoms with E-state index in [1.807, 2.05) is 41.3 Å². The summed E-state index contributed by atoms with van der Waals surface area (Å²) < 4.78 is 5.43. The Morgan fingerprint density at radius 1 is 1.11 bits per heavy atom. The minimum atomic E-state index is -0.106. The molecule has 0 spiro atoms. The molecular formula is C22H26N2O3. The average Bonchev–Trinajstić information content (AvgIpc) is 3.55. The number of ether oxygens (including phenoxy) is 1. The predicted octanol–water partition coefficient (Wildman–Crippen LogP) is 3.23. The van der Waals surface area contributed by atoms with Crippen molar-refractivity contribution >= 4 is 22.6 Å². The Hall–Kier alpha value is -2.56. The summed E-state index contributed by atoms with van der Waals surface area (Å²) in [6, 6.07) is 11.5. The van der Waals surface area contributed by atoms with Crippen molar-refractivity contribution in [1.82, 2.24) is 10.2 Å². The van der Waals surface area contributed by atoms with Gasteiger partial charge in [-0.2, -0.15) is 0 Å². The quantitative estimate of drug-likeness (QED) is 0.884. The first-order valence-electron chi connectivity index (χ1n) is 9.80. The van der Waals surface area contributed by atoms with Crippen LogP contribution < -0.4 is 10.1 Å². The van der Waals surface area contributed by atoms with Crippen molar-refractivity contribution < 1.29 is 14.3 Å². The zero-order valence-electron chi connectivity index (χ0n) is 15.7. The molecule has 2 fully saturated rings. The Morgan fingerprint density at radius 2 is 1.89 bits per heavy atom. The van der Waals surface area contributed by atoms with E-state index in [0.29, 0.717) is 24.6 Å². The first-order chi connectivity index (χ1) is 13.2. The van der Waals surface area contributed by atoms with Crippen LogP contribution >= 0.6 is 0 Å². The van der Waals surface area contributed by atoms with Gasteiger partial charge in [-0.3, -0.25) is 9.59 Å². The standard InChI is InChI=1S/C22H26N2O3/c1-27-20-11-10-19(17-6-2-3-7-18(17)20)22(26)24-12-4-5-16(14-24)21(25)23-13-15-8-9-15/h2-3,6-7,10-11,15-16H,4-5,8-9,12-14H2,1H3,(H,23,25)/t16-/m0/s1. The monoisotopic (exact) mass is 366 g/mol. The first kappa shape index (κ1) is 17.8. The van der Waals surface area contributed by atoms with Crippen LogP contribution in [0.2, 0.25) is 0 Å². The van der Waals surface area contributed by atoms with Crippen LogP contribution in [0.25, 0.3) is 10.8 Å². The number of carbonyl (C=O) groups excluding carboxylic acids is 2. The minimum Gasteiger partial charge on any atom is -0.496 e. The molecule has 0 bridgehead atoms. The van der Waals surface area contributed by atoms with Gasteiger partial charge in [-0.15, -0.1) is 0 Å². The number of hydrogen-bond acceptors (Lipinski definition) is 3. The van der Waals surface area contributed by atoms with Crippen molar-refractivity contribution in [2.45, 2.75) is 25.7 Å². The third kappa shape index (κ3) is 3.77. The topological polar surface area (TPSA) is 58.6 Å². The fourth-order valence-electron chi connectivity index (χ4n) is 3.89. The summed E-state index contributed by atoms with van der Waals surface area (Å²) in [4.78, 5) is 27.5. The van der Waals surface area contributed by atoms with E-state index >= 15 is 0 Å². The normalized spacial score (nSPS) is 19.7. The Balaban J connectivity index is 1.52. The first-order valence-corrected chi connectivity index (χ1v) is 9.80. The van der Waals surface area contributed by atoms with E-state index < -0.39 is 0 Å². The van der Waals surface area contributed by atoms with Crippen LogP contribution in [-0.4, -0.2) is 43.5 Å². The number of rotatable bonds is 5. The molecule has 0 unspecified atom stereocenters. The van der Waals surface area contributed by atoms with Gasteiger partial charge in [-0.1, -0.05) is 24.3 Å².